The number of aromatic nitrogens is 1. The van der Waals surface area contributed by atoms with Crippen LogP contribution in [0.3, 0.4) is 0 Å². The third-order valence-electron chi connectivity index (χ3n) is 3.36. The van der Waals surface area contributed by atoms with Crippen molar-refractivity contribution in [1.29, 1.82) is 0 Å². The summed E-state index contributed by atoms with van der Waals surface area (Å²) in [6.07, 6.45) is 2.17. The Hall–Kier alpha value is -1.99. The van der Waals surface area contributed by atoms with Gasteiger partial charge in [-0.05, 0) is 30.3 Å². The van der Waals surface area contributed by atoms with Gasteiger partial charge in [0.05, 0.1) is 18.9 Å². The molecule has 0 aliphatic carbocycles. The Balaban J connectivity index is 1.78. The third kappa shape index (κ3) is 3.86. The van der Waals surface area contributed by atoms with E-state index >= 15 is 0 Å². The number of pyridine rings is 1. The lowest BCUT2D eigenvalue weighted by molar-refractivity contribution is 0.101. The molecule has 7 heteroatoms. The van der Waals surface area contributed by atoms with Crippen molar-refractivity contribution in [2.75, 3.05) is 18.5 Å². The Morgan fingerprint density at radius 1 is 1.43 bits per heavy atom. The number of amides is 1. The van der Waals surface area contributed by atoms with E-state index in [1.54, 1.807) is 24.4 Å². The minimum absolute atomic E-state index is 0.0946. The van der Waals surface area contributed by atoms with Crippen molar-refractivity contribution >= 4 is 27.5 Å². The van der Waals surface area contributed by atoms with Gasteiger partial charge in [-0.1, -0.05) is 15.9 Å². The SMILES string of the molecule is O=C(Nc1ccc(Br)cc1F)c1cccnc1O[C@@H]1CCOC1. The maximum atomic E-state index is 13.8. The first-order valence-corrected chi connectivity index (χ1v) is 7.88. The molecule has 0 unspecified atom stereocenters. The van der Waals surface area contributed by atoms with Crippen LogP contribution in [0.1, 0.15) is 16.8 Å². The van der Waals surface area contributed by atoms with Gasteiger partial charge in [0.25, 0.3) is 5.91 Å². The fourth-order valence-corrected chi connectivity index (χ4v) is 2.53. The lowest BCUT2D eigenvalue weighted by Crippen LogP contribution is -2.20. The third-order valence-corrected chi connectivity index (χ3v) is 3.85. The summed E-state index contributed by atoms with van der Waals surface area (Å²) in [6.45, 7) is 1.10. The molecule has 1 fully saturated rings. The Bertz CT molecular complexity index is 720. The van der Waals surface area contributed by atoms with E-state index in [0.717, 1.165) is 6.42 Å². The van der Waals surface area contributed by atoms with Gasteiger partial charge in [-0.25, -0.2) is 9.37 Å². The molecule has 2 aromatic rings. The van der Waals surface area contributed by atoms with Gasteiger partial charge in [0.1, 0.15) is 17.5 Å². The van der Waals surface area contributed by atoms with Gasteiger partial charge in [0.15, 0.2) is 0 Å². The Labute approximate surface area is 140 Å². The molecule has 1 aliphatic heterocycles. The first-order chi connectivity index (χ1) is 11.1. The lowest BCUT2D eigenvalue weighted by atomic mass is 10.2. The number of benzene rings is 1. The highest BCUT2D eigenvalue weighted by Crippen LogP contribution is 2.23. The van der Waals surface area contributed by atoms with Crippen LogP contribution >= 0.6 is 15.9 Å². The van der Waals surface area contributed by atoms with Crippen LogP contribution in [0.5, 0.6) is 5.88 Å². The highest BCUT2D eigenvalue weighted by molar-refractivity contribution is 9.10. The monoisotopic (exact) mass is 380 g/mol. The van der Waals surface area contributed by atoms with E-state index in [9.17, 15) is 9.18 Å². The molecule has 1 aliphatic rings. The number of anilines is 1. The van der Waals surface area contributed by atoms with Crippen molar-refractivity contribution in [2.24, 2.45) is 0 Å². The van der Waals surface area contributed by atoms with Crippen LogP contribution in [0.2, 0.25) is 0 Å². The molecule has 120 valence electrons. The number of nitrogens with zero attached hydrogens (tertiary/aromatic N) is 1. The van der Waals surface area contributed by atoms with Crippen LogP contribution in [0.15, 0.2) is 41.0 Å². The van der Waals surface area contributed by atoms with E-state index in [1.165, 1.54) is 12.1 Å². The smallest absolute Gasteiger partial charge is 0.261 e. The van der Waals surface area contributed by atoms with Gasteiger partial charge < -0.3 is 14.8 Å². The highest BCUT2D eigenvalue weighted by atomic mass is 79.9. The quantitative estimate of drug-likeness (QED) is 0.882. The van der Waals surface area contributed by atoms with Crippen molar-refractivity contribution in [1.82, 2.24) is 4.98 Å². The molecule has 0 spiro atoms. The van der Waals surface area contributed by atoms with Crippen molar-refractivity contribution in [3.8, 4) is 5.88 Å². The van der Waals surface area contributed by atoms with Crippen molar-refractivity contribution in [2.45, 2.75) is 12.5 Å². The van der Waals surface area contributed by atoms with E-state index < -0.39 is 11.7 Å². The minimum Gasteiger partial charge on any atom is -0.471 e. The van der Waals surface area contributed by atoms with Crippen LogP contribution in [0, 0.1) is 5.82 Å². The molecule has 1 aromatic heterocycles. The maximum absolute atomic E-state index is 13.8. The molecular formula is C16H14BrFN2O3. The summed E-state index contributed by atoms with van der Waals surface area (Å²) in [7, 11) is 0. The molecule has 1 atom stereocenters. The molecule has 1 amide bonds. The number of rotatable bonds is 4. The van der Waals surface area contributed by atoms with Crippen LogP contribution in [-0.4, -0.2) is 30.2 Å². The summed E-state index contributed by atoms with van der Waals surface area (Å²) in [4.78, 5) is 16.5. The molecule has 5 nitrogen and oxygen atoms in total. The first kappa shape index (κ1) is 15.9. The van der Waals surface area contributed by atoms with E-state index in [0.29, 0.717) is 17.7 Å². The normalized spacial score (nSPS) is 17.0. The summed E-state index contributed by atoms with van der Waals surface area (Å²) in [5.74, 6) is -0.783. The summed E-state index contributed by atoms with van der Waals surface area (Å²) < 4.78 is 25.4. The predicted molar refractivity (Wildman–Crippen MR) is 86.1 cm³/mol. The zero-order chi connectivity index (χ0) is 16.2. The molecule has 1 saturated heterocycles. The molecule has 0 bridgehead atoms. The standard InChI is InChI=1S/C16H14BrFN2O3/c17-10-3-4-14(13(18)8-10)20-15(21)12-2-1-6-19-16(12)23-11-5-7-22-9-11/h1-4,6,8,11H,5,7,9H2,(H,20,21)/t11-/m1/s1. The number of halogens is 2. The van der Waals surface area contributed by atoms with Crippen LogP contribution in [0.4, 0.5) is 10.1 Å². The number of hydrogen-bond donors (Lipinski definition) is 1. The summed E-state index contributed by atoms with van der Waals surface area (Å²) >= 11 is 3.17. The summed E-state index contributed by atoms with van der Waals surface area (Å²) in [5.41, 5.74) is 0.346. The molecule has 1 aromatic carbocycles. The molecule has 23 heavy (non-hydrogen) atoms. The molecule has 0 radical (unpaired) electrons. The van der Waals surface area contributed by atoms with Crippen LogP contribution in [0.25, 0.3) is 0 Å². The number of carbonyl (C=O) groups is 1. The number of carbonyl (C=O) groups excluding carboxylic acids is 1. The first-order valence-electron chi connectivity index (χ1n) is 7.09. The fourth-order valence-electron chi connectivity index (χ4n) is 2.20. The van der Waals surface area contributed by atoms with Crippen LogP contribution in [-0.2, 0) is 4.74 Å². The van der Waals surface area contributed by atoms with Gasteiger partial charge >= 0.3 is 0 Å². The second kappa shape index (κ2) is 7.06. The average molecular weight is 381 g/mol. The topological polar surface area (TPSA) is 60.5 Å². The largest absolute Gasteiger partial charge is 0.471 e. The molecule has 3 rings (SSSR count). The Morgan fingerprint density at radius 2 is 2.30 bits per heavy atom. The number of hydrogen-bond acceptors (Lipinski definition) is 4. The highest BCUT2D eigenvalue weighted by Gasteiger charge is 2.22. The van der Waals surface area contributed by atoms with Gasteiger partial charge in [0.2, 0.25) is 5.88 Å². The van der Waals surface area contributed by atoms with E-state index in [1.807, 2.05) is 0 Å². The second-order valence-electron chi connectivity index (χ2n) is 5.04. The second-order valence-corrected chi connectivity index (χ2v) is 5.95. The van der Waals surface area contributed by atoms with Gasteiger partial charge in [0, 0.05) is 17.1 Å². The number of nitrogens with one attached hydrogen (secondary N) is 1. The van der Waals surface area contributed by atoms with E-state index in [-0.39, 0.29) is 23.2 Å². The summed E-state index contributed by atoms with van der Waals surface area (Å²) in [6, 6.07) is 7.63. The van der Waals surface area contributed by atoms with Gasteiger partial charge in [-0.15, -0.1) is 0 Å². The van der Waals surface area contributed by atoms with Crippen molar-refractivity contribution < 1.29 is 18.7 Å². The molecule has 0 saturated carbocycles. The minimum atomic E-state index is -0.525. The van der Waals surface area contributed by atoms with E-state index in [2.05, 4.69) is 26.2 Å². The molecular weight excluding hydrogens is 367 g/mol. The fraction of sp³-hybridized carbons (Fsp3) is 0.250. The average Bonchev–Trinajstić information content (AvgIpc) is 3.03. The maximum Gasteiger partial charge on any atom is 0.261 e. The van der Waals surface area contributed by atoms with E-state index in [4.69, 9.17) is 9.47 Å². The predicted octanol–water partition coefficient (Wildman–Crippen LogP) is 3.40. The van der Waals surface area contributed by atoms with Crippen molar-refractivity contribution in [3.05, 3.63) is 52.4 Å². The Morgan fingerprint density at radius 3 is 3.04 bits per heavy atom. The van der Waals surface area contributed by atoms with Crippen molar-refractivity contribution in [3.63, 3.8) is 0 Å². The zero-order valence-corrected chi connectivity index (χ0v) is 13.7. The number of ether oxygens (including phenoxy) is 2. The summed E-state index contributed by atoms with van der Waals surface area (Å²) in [5, 5.41) is 2.53. The van der Waals surface area contributed by atoms with Gasteiger partial charge in [-0.2, -0.15) is 0 Å². The zero-order valence-electron chi connectivity index (χ0n) is 12.1. The molecule has 1 N–H and O–H groups in total. The molecule has 2 heterocycles. The van der Waals surface area contributed by atoms with Gasteiger partial charge in [-0.3, -0.25) is 4.79 Å². The lowest BCUT2D eigenvalue weighted by Gasteiger charge is -2.14. The van der Waals surface area contributed by atoms with Crippen LogP contribution < -0.4 is 10.1 Å². The Kier molecular flexibility index (Phi) is 4.88.